The number of rotatable bonds is 9. The summed E-state index contributed by atoms with van der Waals surface area (Å²) in [6, 6.07) is 0. The number of unbranched alkanes of at least 4 members (excludes halogenated alkanes) is 1. The topological polar surface area (TPSA) is 45.6 Å². The smallest absolute Gasteiger partial charge is 0.191 e. The van der Waals surface area contributed by atoms with Crippen LogP contribution in [0.3, 0.4) is 0 Å². The van der Waals surface area contributed by atoms with Crippen molar-refractivity contribution in [2.45, 2.75) is 44.3 Å². The molecule has 1 rings (SSSR count). The van der Waals surface area contributed by atoms with E-state index in [0.29, 0.717) is 0 Å². The second-order valence-corrected chi connectivity index (χ2v) is 6.24. The first-order valence-corrected chi connectivity index (χ1v) is 8.55. The van der Waals surface area contributed by atoms with Crippen molar-refractivity contribution >= 4 is 17.7 Å². The molecular weight excluding hydrogens is 258 g/mol. The quantitative estimate of drug-likeness (QED) is 0.388. The Labute approximate surface area is 122 Å². The van der Waals surface area contributed by atoms with Gasteiger partial charge in [0.2, 0.25) is 0 Å². The molecule has 1 aliphatic rings. The van der Waals surface area contributed by atoms with E-state index in [1.165, 1.54) is 25.0 Å². The van der Waals surface area contributed by atoms with Crippen molar-refractivity contribution in [2.75, 3.05) is 39.1 Å². The van der Waals surface area contributed by atoms with Crippen LogP contribution in [-0.2, 0) is 4.74 Å². The number of hydrogen-bond donors (Lipinski definition) is 2. The van der Waals surface area contributed by atoms with Gasteiger partial charge in [-0.2, -0.15) is 11.8 Å². The third-order valence-electron chi connectivity index (χ3n) is 3.14. The van der Waals surface area contributed by atoms with Crippen LogP contribution in [0.5, 0.6) is 0 Å². The van der Waals surface area contributed by atoms with Crippen molar-refractivity contribution in [2.24, 2.45) is 4.99 Å². The first kappa shape index (κ1) is 16.6. The second-order valence-electron chi connectivity index (χ2n) is 4.83. The Hall–Kier alpha value is -0.420. The highest BCUT2D eigenvalue weighted by atomic mass is 32.2. The lowest BCUT2D eigenvalue weighted by molar-refractivity contribution is 0.129. The molecule has 1 unspecified atom stereocenters. The number of ether oxygens (including phenoxy) is 1. The highest BCUT2D eigenvalue weighted by Crippen LogP contribution is 2.25. The Morgan fingerprint density at radius 3 is 2.84 bits per heavy atom. The van der Waals surface area contributed by atoms with Crippen molar-refractivity contribution < 1.29 is 4.74 Å². The second kappa shape index (κ2) is 11.4. The maximum absolute atomic E-state index is 5.53. The van der Waals surface area contributed by atoms with Crippen LogP contribution in [0.25, 0.3) is 0 Å². The van der Waals surface area contributed by atoms with Crippen molar-refractivity contribution in [3.63, 3.8) is 0 Å². The predicted molar refractivity (Wildman–Crippen MR) is 85.2 cm³/mol. The molecule has 2 N–H and O–H groups in total. The molecule has 1 atom stereocenters. The standard InChI is InChI=1S/C14H29N3OS/c1-3-4-9-18-10-6-8-16-14(15-2)17-12-13-7-5-11-19-13/h13H,3-12H2,1-2H3,(H2,15,16,17). The zero-order valence-electron chi connectivity index (χ0n) is 12.4. The van der Waals surface area contributed by atoms with E-state index in [1.807, 2.05) is 7.05 Å². The van der Waals surface area contributed by atoms with Crippen LogP contribution in [0.4, 0.5) is 0 Å². The maximum Gasteiger partial charge on any atom is 0.191 e. The number of thioether (sulfide) groups is 1. The monoisotopic (exact) mass is 287 g/mol. The van der Waals surface area contributed by atoms with Gasteiger partial charge in [0.15, 0.2) is 5.96 Å². The Kier molecular flexibility index (Phi) is 9.99. The third kappa shape index (κ3) is 8.37. The van der Waals surface area contributed by atoms with Crippen LogP contribution in [0.2, 0.25) is 0 Å². The Morgan fingerprint density at radius 1 is 1.32 bits per heavy atom. The zero-order chi connectivity index (χ0) is 13.8. The van der Waals surface area contributed by atoms with Gasteiger partial charge < -0.3 is 15.4 Å². The first-order valence-electron chi connectivity index (χ1n) is 7.50. The van der Waals surface area contributed by atoms with Crippen LogP contribution in [0.1, 0.15) is 39.0 Å². The molecule has 1 saturated heterocycles. The fraction of sp³-hybridized carbons (Fsp3) is 0.929. The largest absolute Gasteiger partial charge is 0.381 e. The molecule has 0 aromatic carbocycles. The summed E-state index contributed by atoms with van der Waals surface area (Å²) in [5.74, 6) is 2.23. The van der Waals surface area contributed by atoms with Crippen LogP contribution >= 0.6 is 11.8 Å². The van der Waals surface area contributed by atoms with Crippen molar-refractivity contribution in [3.8, 4) is 0 Å². The van der Waals surface area contributed by atoms with Gasteiger partial charge in [-0.05, 0) is 31.4 Å². The fourth-order valence-corrected chi connectivity index (χ4v) is 3.17. The van der Waals surface area contributed by atoms with Gasteiger partial charge in [0.25, 0.3) is 0 Å². The molecule has 0 aromatic rings. The molecule has 1 aliphatic heterocycles. The minimum atomic E-state index is 0.760. The molecule has 0 aliphatic carbocycles. The van der Waals surface area contributed by atoms with Gasteiger partial charge >= 0.3 is 0 Å². The summed E-state index contributed by atoms with van der Waals surface area (Å²) in [6.07, 6.45) is 6.09. The summed E-state index contributed by atoms with van der Waals surface area (Å²) in [6.45, 7) is 5.86. The van der Waals surface area contributed by atoms with E-state index in [2.05, 4.69) is 34.3 Å². The molecule has 0 spiro atoms. The SMILES string of the molecule is CCCCOCCCNC(=NC)NCC1CCCS1. The molecule has 0 amide bonds. The predicted octanol–water partition coefficient (Wildman–Crippen LogP) is 2.25. The molecule has 0 bridgehead atoms. The van der Waals surface area contributed by atoms with Crippen LogP contribution < -0.4 is 10.6 Å². The Morgan fingerprint density at radius 2 is 2.16 bits per heavy atom. The van der Waals surface area contributed by atoms with Gasteiger partial charge in [-0.15, -0.1) is 0 Å². The van der Waals surface area contributed by atoms with Crippen LogP contribution in [0, 0.1) is 0 Å². The van der Waals surface area contributed by atoms with Gasteiger partial charge in [-0.3, -0.25) is 4.99 Å². The van der Waals surface area contributed by atoms with Crippen molar-refractivity contribution in [3.05, 3.63) is 0 Å². The molecule has 4 nitrogen and oxygen atoms in total. The Balaban J connectivity index is 1.96. The molecule has 1 heterocycles. The van der Waals surface area contributed by atoms with E-state index in [1.54, 1.807) is 0 Å². The maximum atomic E-state index is 5.53. The van der Waals surface area contributed by atoms with E-state index in [9.17, 15) is 0 Å². The van der Waals surface area contributed by atoms with E-state index in [-0.39, 0.29) is 0 Å². The van der Waals surface area contributed by atoms with Crippen molar-refractivity contribution in [1.82, 2.24) is 10.6 Å². The van der Waals surface area contributed by atoms with Gasteiger partial charge in [0.05, 0.1) is 0 Å². The van der Waals surface area contributed by atoms with E-state index >= 15 is 0 Å². The summed E-state index contributed by atoms with van der Waals surface area (Å²) >= 11 is 2.07. The molecule has 1 fully saturated rings. The third-order valence-corrected chi connectivity index (χ3v) is 4.54. The first-order chi connectivity index (χ1) is 9.36. The minimum Gasteiger partial charge on any atom is -0.381 e. The lowest BCUT2D eigenvalue weighted by Gasteiger charge is -2.14. The highest BCUT2D eigenvalue weighted by molar-refractivity contribution is 8.00. The summed E-state index contributed by atoms with van der Waals surface area (Å²) in [4.78, 5) is 4.24. The van der Waals surface area contributed by atoms with Gasteiger partial charge in [0.1, 0.15) is 0 Å². The van der Waals surface area contributed by atoms with Crippen molar-refractivity contribution in [1.29, 1.82) is 0 Å². The molecule has 0 radical (unpaired) electrons. The lowest BCUT2D eigenvalue weighted by atomic mass is 10.2. The molecule has 112 valence electrons. The highest BCUT2D eigenvalue weighted by Gasteiger charge is 2.15. The van der Waals surface area contributed by atoms with E-state index in [4.69, 9.17) is 4.74 Å². The molecule has 5 heteroatoms. The molecule has 0 saturated carbocycles. The summed E-state index contributed by atoms with van der Waals surface area (Å²) in [7, 11) is 1.83. The normalized spacial score (nSPS) is 19.7. The summed E-state index contributed by atoms with van der Waals surface area (Å²) in [5.41, 5.74) is 0. The number of guanidine groups is 1. The number of nitrogens with one attached hydrogen (secondary N) is 2. The van der Waals surface area contributed by atoms with Gasteiger partial charge in [-0.25, -0.2) is 0 Å². The van der Waals surface area contributed by atoms with Gasteiger partial charge in [0, 0.05) is 38.6 Å². The number of hydrogen-bond acceptors (Lipinski definition) is 3. The molecule has 19 heavy (non-hydrogen) atoms. The molecular formula is C14H29N3OS. The van der Waals surface area contributed by atoms with E-state index in [0.717, 1.165) is 50.4 Å². The van der Waals surface area contributed by atoms with Crippen LogP contribution in [0.15, 0.2) is 4.99 Å². The average Bonchev–Trinajstić information content (AvgIpc) is 2.94. The van der Waals surface area contributed by atoms with E-state index < -0.39 is 0 Å². The molecule has 0 aromatic heterocycles. The summed E-state index contributed by atoms with van der Waals surface area (Å²) in [5, 5.41) is 7.49. The number of nitrogens with zero attached hydrogens (tertiary/aromatic N) is 1. The lowest BCUT2D eigenvalue weighted by Crippen LogP contribution is -2.40. The number of aliphatic imine (C=N–C) groups is 1. The minimum absolute atomic E-state index is 0.760. The van der Waals surface area contributed by atoms with Crippen LogP contribution in [-0.4, -0.2) is 50.3 Å². The fourth-order valence-electron chi connectivity index (χ4n) is 1.97. The Bertz CT molecular complexity index is 243. The summed E-state index contributed by atoms with van der Waals surface area (Å²) < 4.78 is 5.53. The van der Waals surface area contributed by atoms with Gasteiger partial charge in [-0.1, -0.05) is 13.3 Å². The zero-order valence-corrected chi connectivity index (χ0v) is 13.2. The average molecular weight is 287 g/mol.